The second-order valence-electron chi connectivity index (χ2n) is 8.45. The fourth-order valence-electron chi connectivity index (χ4n) is 4.76. The lowest BCUT2D eigenvalue weighted by atomic mass is 9.71. The molecule has 0 spiro atoms. The zero-order chi connectivity index (χ0) is 26.7. The van der Waals surface area contributed by atoms with Crippen molar-refractivity contribution in [2.75, 3.05) is 26.6 Å². The van der Waals surface area contributed by atoms with Crippen molar-refractivity contribution in [2.45, 2.75) is 5.41 Å². The van der Waals surface area contributed by atoms with Crippen LogP contribution in [0.25, 0.3) is 0 Å². The summed E-state index contributed by atoms with van der Waals surface area (Å²) in [5.74, 6) is 0.759. The van der Waals surface area contributed by atoms with E-state index in [0.717, 1.165) is 16.7 Å². The van der Waals surface area contributed by atoms with Gasteiger partial charge in [0.25, 0.3) is 5.91 Å². The van der Waals surface area contributed by atoms with Crippen molar-refractivity contribution in [3.05, 3.63) is 105 Å². The Morgan fingerprint density at radius 1 is 0.921 bits per heavy atom. The van der Waals surface area contributed by atoms with Crippen molar-refractivity contribution in [3.8, 4) is 17.2 Å². The number of anilines is 1. The molecule has 8 nitrogen and oxygen atoms in total. The number of ether oxygens (including phenoxy) is 3. The summed E-state index contributed by atoms with van der Waals surface area (Å²) >= 11 is 1.26. The number of hydrogen-bond acceptors (Lipinski definition) is 7. The van der Waals surface area contributed by atoms with Crippen molar-refractivity contribution in [3.63, 3.8) is 0 Å². The lowest BCUT2D eigenvalue weighted by molar-refractivity contribution is -0.118. The Labute approximate surface area is 223 Å². The van der Waals surface area contributed by atoms with Gasteiger partial charge in [-0.3, -0.25) is 9.59 Å². The maximum Gasteiger partial charge on any atom is 0.283 e. The molecule has 5 rings (SSSR count). The summed E-state index contributed by atoms with van der Waals surface area (Å²) in [6.45, 7) is 0. The molecule has 2 heterocycles. The van der Waals surface area contributed by atoms with Crippen LogP contribution in [-0.2, 0) is 10.2 Å². The minimum Gasteiger partial charge on any atom is -0.493 e. The summed E-state index contributed by atoms with van der Waals surface area (Å²) in [7, 11) is 4.57. The summed E-state index contributed by atoms with van der Waals surface area (Å²) in [6, 6.07) is 22.6. The minimum atomic E-state index is -1.06. The zero-order valence-electron chi connectivity index (χ0n) is 21.0. The van der Waals surface area contributed by atoms with E-state index < -0.39 is 11.3 Å². The standard InChI is InChI=1S/C29H25N3O5S/c1-35-22-14-18(15-23(36-2)25(22)37-3)16-30-32-27(33)26-24-21(17-38-26)29(28(34)31-24,19-10-6-4-7-11-19)20-12-8-5-9-13-20/h4-17H,1-3H3,(H,31,34)(H,32,33). The van der Waals surface area contributed by atoms with E-state index in [9.17, 15) is 9.59 Å². The number of benzene rings is 3. The molecule has 2 N–H and O–H groups in total. The van der Waals surface area contributed by atoms with Crippen LogP contribution in [0.4, 0.5) is 5.69 Å². The number of amides is 2. The van der Waals surface area contributed by atoms with Crippen LogP contribution in [0.3, 0.4) is 0 Å². The first kappa shape index (κ1) is 25.0. The molecule has 38 heavy (non-hydrogen) atoms. The number of rotatable bonds is 8. The Hall–Kier alpha value is -4.63. The third-order valence-electron chi connectivity index (χ3n) is 6.46. The summed E-state index contributed by atoms with van der Waals surface area (Å²) < 4.78 is 16.1. The van der Waals surface area contributed by atoms with E-state index in [-0.39, 0.29) is 5.91 Å². The monoisotopic (exact) mass is 527 g/mol. The predicted molar refractivity (Wildman–Crippen MR) is 147 cm³/mol. The van der Waals surface area contributed by atoms with Crippen LogP contribution in [0.5, 0.6) is 17.2 Å². The summed E-state index contributed by atoms with van der Waals surface area (Å²) in [4.78, 5) is 27.2. The van der Waals surface area contributed by atoms with Crippen LogP contribution >= 0.6 is 11.3 Å². The molecular formula is C29H25N3O5S. The smallest absolute Gasteiger partial charge is 0.283 e. The highest BCUT2D eigenvalue weighted by molar-refractivity contribution is 7.13. The summed E-state index contributed by atoms with van der Waals surface area (Å²) in [5, 5.41) is 8.96. The van der Waals surface area contributed by atoms with Crippen molar-refractivity contribution >= 4 is 35.1 Å². The van der Waals surface area contributed by atoms with Crippen molar-refractivity contribution in [1.29, 1.82) is 0 Å². The van der Waals surface area contributed by atoms with Crippen molar-refractivity contribution < 1.29 is 23.8 Å². The van der Waals surface area contributed by atoms with Crippen LogP contribution in [0, 0.1) is 0 Å². The molecule has 9 heteroatoms. The first-order valence-electron chi connectivity index (χ1n) is 11.7. The van der Waals surface area contributed by atoms with E-state index in [1.54, 1.807) is 12.1 Å². The van der Waals surface area contributed by atoms with Crippen molar-refractivity contribution in [2.24, 2.45) is 5.10 Å². The number of nitrogens with one attached hydrogen (secondary N) is 2. The maximum absolute atomic E-state index is 13.7. The van der Waals surface area contributed by atoms with Crippen LogP contribution in [-0.4, -0.2) is 39.4 Å². The lowest BCUT2D eigenvalue weighted by Gasteiger charge is -2.28. The predicted octanol–water partition coefficient (Wildman–Crippen LogP) is 4.82. The van der Waals surface area contributed by atoms with E-state index >= 15 is 0 Å². The van der Waals surface area contributed by atoms with Gasteiger partial charge in [0.2, 0.25) is 11.7 Å². The zero-order valence-corrected chi connectivity index (χ0v) is 21.8. The number of carbonyl (C=O) groups is 2. The average Bonchev–Trinajstić information content (AvgIpc) is 3.50. The van der Waals surface area contributed by atoms with E-state index in [2.05, 4.69) is 15.8 Å². The molecular weight excluding hydrogens is 502 g/mol. The fourth-order valence-corrected chi connectivity index (χ4v) is 5.72. The number of hydrogen-bond donors (Lipinski definition) is 2. The molecule has 0 radical (unpaired) electrons. The van der Waals surface area contributed by atoms with Gasteiger partial charge in [-0.05, 0) is 28.6 Å². The molecule has 0 bridgehead atoms. The van der Waals surface area contributed by atoms with Gasteiger partial charge < -0.3 is 19.5 Å². The first-order chi connectivity index (χ1) is 18.5. The maximum atomic E-state index is 13.7. The average molecular weight is 528 g/mol. The third-order valence-corrected chi connectivity index (χ3v) is 7.44. The Kier molecular flexibility index (Phi) is 6.85. The van der Waals surface area contributed by atoms with Gasteiger partial charge in [0.05, 0.1) is 33.2 Å². The Bertz CT molecular complexity index is 1450. The number of carbonyl (C=O) groups excluding carboxylic acids is 2. The Balaban J connectivity index is 1.47. The van der Waals surface area contributed by atoms with Gasteiger partial charge >= 0.3 is 0 Å². The highest BCUT2D eigenvalue weighted by Gasteiger charge is 2.51. The molecule has 192 valence electrons. The molecule has 0 saturated carbocycles. The molecule has 0 unspecified atom stereocenters. The molecule has 4 aromatic rings. The van der Waals surface area contributed by atoms with Gasteiger partial charge in [-0.15, -0.1) is 11.3 Å². The third kappa shape index (κ3) is 4.06. The summed E-state index contributed by atoms with van der Waals surface area (Å²) in [6.07, 6.45) is 1.48. The number of fused-ring (bicyclic) bond motifs is 1. The fraction of sp³-hybridized carbons (Fsp3) is 0.138. The van der Waals surface area contributed by atoms with Gasteiger partial charge in [-0.2, -0.15) is 5.10 Å². The quantitative estimate of drug-likeness (QED) is 0.253. The van der Waals surface area contributed by atoms with E-state index in [1.165, 1.54) is 38.9 Å². The molecule has 2 amide bonds. The molecule has 3 aromatic carbocycles. The Morgan fingerprint density at radius 2 is 1.50 bits per heavy atom. The van der Waals surface area contributed by atoms with Crippen LogP contribution < -0.4 is 25.0 Å². The molecule has 1 aliphatic rings. The second-order valence-corrected chi connectivity index (χ2v) is 9.33. The number of nitrogens with zero attached hydrogens (tertiary/aromatic N) is 1. The highest BCUT2D eigenvalue weighted by atomic mass is 32.1. The van der Waals surface area contributed by atoms with Gasteiger partial charge in [0, 0.05) is 11.1 Å². The van der Waals surface area contributed by atoms with E-state index in [1.807, 2.05) is 66.0 Å². The Morgan fingerprint density at radius 3 is 2.03 bits per heavy atom. The molecule has 0 aliphatic carbocycles. The van der Waals surface area contributed by atoms with Gasteiger partial charge in [0.15, 0.2) is 11.5 Å². The molecule has 0 fully saturated rings. The highest BCUT2D eigenvalue weighted by Crippen LogP contribution is 2.50. The van der Waals surface area contributed by atoms with Gasteiger partial charge in [-0.25, -0.2) is 5.43 Å². The normalized spacial score (nSPS) is 13.6. The molecule has 0 saturated heterocycles. The van der Waals surface area contributed by atoms with Crippen LogP contribution in [0.2, 0.25) is 0 Å². The second kappa shape index (κ2) is 10.4. The largest absolute Gasteiger partial charge is 0.493 e. The van der Waals surface area contributed by atoms with Gasteiger partial charge in [-0.1, -0.05) is 60.7 Å². The van der Waals surface area contributed by atoms with E-state index in [0.29, 0.717) is 33.4 Å². The van der Waals surface area contributed by atoms with Crippen LogP contribution in [0.15, 0.2) is 83.3 Å². The number of thiophene rings is 1. The number of hydrazone groups is 1. The minimum absolute atomic E-state index is 0.206. The topological polar surface area (TPSA) is 98.2 Å². The SMILES string of the molecule is COc1cc(C=NNC(=O)c2scc3c2NC(=O)C3(c2ccccc2)c2ccccc2)cc(OC)c1OC. The van der Waals surface area contributed by atoms with Gasteiger partial charge in [0.1, 0.15) is 10.3 Å². The van der Waals surface area contributed by atoms with Crippen molar-refractivity contribution in [1.82, 2.24) is 5.43 Å². The molecule has 0 atom stereocenters. The summed E-state index contributed by atoms with van der Waals surface area (Å²) in [5.41, 5.74) is 5.02. The first-order valence-corrected chi connectivity index (χ1v) is 12.6. The van der Waals surface area contributed by atoms with E-state index in [4.69, 9.17) is 14.2 Å². The molecule has 1 aromatic heterocycles. The van der Waals surface area contributed by atoms with Crippen LogP contribution in [0.1, 0.15) is 31.9 Å². The lowest BCUT2D eigenvalue weighted by Crippen LogP contribution is -2.36. The number of methoxy groups -OCH3 is 3. The molecule has 1 aliphatic heterocycles.